The highest BCUT2D eigenvalue weighted by atomic mass is 16.2. The van der Waals surface area contributed by atoms with Crippen LogP contribution >= 0.6 is 0 Å². The van der Waals surface area contributed by atoms with Crippen LogP contribution in [-0.2, 0) is 9.59 Å². The molecule has 0 fully saturated rings. The number of carbonyl (C=O) groups is 2. The maximum Gasteiger partial charge on any atom is 0.244 e. The molecule has 1 aliphatic rings. The summed E-state index contributed by atoms with van der Waals surface area (Å²) in [7, 11) is 0. The number of nitrogens with one attached hydrogen (secondary N) is 1. The molecule has 3 N–H and O–H groups in total. The number of primary amides is 1. The van der Waals surface area contributed by atoms with Crippen LogP contribution in [0.4, 0.5) is 0 Å². The van der Waals surface area contributed by atoms with E-state index in [0.717, 1.165) is 44.9 Å². The number of hydrogen-bond acceptors (Lipinski definition) is 2. The summed E-state index contributed by atoms with van der Waals surface area (Å²) in [6.45, 7) is 4.98. The van der Waals surface area contributed by atoms with Gasteiger partial charge in [0.25, 0.3) is 0 Å². The zero-order chi connectivity index (χ0) is 16.4. The molecule has 0 radical (unpaired) electrons. The van der Waals surface area contributed by atoms with Crippen molar-refractivity contribution in [1.29, 1.82) is 0 Å². The summed E-state index contributed by atoms with van der Waals surface area (Å²) in [6, 6.07) is 0. The van der Waals surface area contributed by atoms with Gasteiger partial charge >= 0.3 is 0 Å². The van der Waals surface area contributed by atoms with Gasteiger partial charge in [-0.15, -0.1) is 0 Å². The molecule has 0 bridgehead atoms. The van der Waals surface area contributed by atoms with Crippen molar-refractivity contribution in [3.05, 3.63) is 23.8 Å². The standard InChI is InChI=1S/C18H30N2O2/c1-3-5-7-11-18(17(22)20-13-8-6-4-2)12-9-10-15(14-18)16(19)21/h9-10,12H,3-8,11,13-14H2,1-2H3,(H2,19,21)(H,20,22). The third kappa shape index (κ3) is 5.32. The highest BCUT2D eigenvalue weighted by Crippen LogP contribution is 2.37. The summed E-state index contributed by atoms with van der Waals surface area (Å²) < 4.78 is 0. The van der Waals surface area contributed by atoms with Crippen molar-refractivity contribution in [3.8, 4) is 0 Å². The van der Waals surface area contributed by atoms with Crippen LogP contribution in [0, 0.1) is 5.41 Å². The minimum atomic E-state index is -0.611. The Balaban J connectivity index is 2.75. The Hall–Kier alpha value is -1.58. The van der Waals surface area contributed by atoms with Crippen LogP contribution in [0.3, 0.4) is 0 Å². The quantitative estimate of drug-likeness (QED) is 0.608. The first-order chi connectivity index (χ1) is 10.6. The Morgan fingerprint density at radius 1 is 1.18 bits per heavy atom. The van der Waals surface area contributed by atoms with Gasteiger partial charge in [-0.05, 0) is 19.3 Å². The van der Waals surface area contributed by atoms with Crippen LogP contribution in [0.5, 0.6) is 0 Å². The van der Waals surface area contributed by atoms with Gasteiger partial charge in [0.2, 0.25) is 11.8 Å². The first kappa shape index (κ1) is 18.5. The van der Waals surface area contributed by atoms with Crippen LogP contribution in [-0.4, -0.2) is 18.4 Å². The van der Waals surface area contributed by atoms with E-state index in [1.54, 1.807) is 12.2 Å². The van der Waals surface area contributed by atoms with Gasteiger partial charge < -0.3 is 11.1 Å². The van der Waals surface area contributed by atoms with Gasteiger partial charge in [0.15, 0.2) is 0 Å². The number of unbranched alkanes of at least 4 members (excludes halogenated alkanes) is 4. The van der Waals surface area contributed by atoms with E-state index < -0.39 is 11.3 Å². The topological polar surface area (TPSA) is 72.2 Å². The van der Waals surface area contributed by atoms with Crippen LogP contribution < -0.4 is 11.1 Å². The number of allylic oxidation sites excluding steroid dienone is 2. The third-order valence-corrected chi connectivity index (χ3v) is 4.28. The van der Waals surface area contributed by atoms with E-state index in [1.807, 2.05) is 6.08 Å². The van der Waals surface area contributed by atoms with Crippen molar-refractivity contribution in [1.82, 2.24) is 5.32 Å². The lowest BCUT2D eigenvalue weighted by Crippen LogP contribution is -2.42. The zero-order valence-corrected chi connectivity index (χ0v) is 14.0. The second-order valence-electron chi connectivity index (χ2n) is 6.17. The van der Waals surface area contributed by atoms with Gasteiger partial charge in [0.05, 0.1) is 5.41 Å². The fraction of sp³-hybridized carbons (Fsp3) is 0.667. The minimum absolute atomic E-state index is 0.0304. The predicted octanol–water partition coefficient (Wildman–Crippen LogP) is 3.23. The molecule has 1 rings (SSSR count). The Morgan fingerprint density at radius 2 is 1.86 bits per heavy atom. The van der Waals surface area contributed by atoms with Crippen molar-refractivity contribution in [2.45, 2.75) is 65.2 Å². The molecule has 0 aliphatic heterocycles. The molecule has 124 valence electrons. The highest BCUT2D eigenvalue weighted by molar-refractivity contribution is 5.95. The van der Waals surface area contributed by atoms with Gasteiger partial charge in [-0.25, -0.2) is 0 Å². The molecule has 0 saturated carbocycles. The van der Waals surface area contributed by atoms with Gasteiger partial charge in [-0.1, -0.05) is 64.2 Å². The molecule has 0 saturated heterocycles. The summed E-state index contributed by atoms with van der Waals surface area (Å²) >= 11 is 0. The van der Waals surface area contributed by atoms with E-state index in [1.165, 1.54) is 0 Å². The van der Waals surface area contributed by atoms with Crippen molar-refractivity contribution in [2.75, 3.05) is 6.54 Å². The van der Waals surface area contributed by atoms with Gasteiger partial charge in [0, 0.05) is 12.1 Å². The molecule has 0 aromatic heterocycles. The average molecular weight is 306 g/mol. The molecule has 2 amide bonds. The van der Waals surface area contributed by atoms with Gasteiger partial charge in [-0.3, -0.25) is 9.59 Å². The summed E-state index contributed by atoms with van der Waals surface area (Å²) in [5.74, 6) is -0.397. The molecular formula is C18H30N2O2. The number of carbonyl (C=O) groups excluding carboxylic acids is 2. The second kappa shape index (κ2) is 9.44. The SMILES string of the molecule is CCCCCNC(=O)C1(CCCCC)C=CC=C(C(N)=O)C1. The van der Waals surface area contributed by atoms with Gasteiger partial charge in [-0.2, -0.15) is 0 Å². The lowest BCUT2D eigenvalue weighted by Gasteiger charge is -2.32. The largest absolute Gasteiger partial charge is 0.366 e. The first-order valence-electron chi connectivity index (χ1n) is 8.52. The molecule has 0 aromatic carbocycles. The Labute approximate surface area is 134 Å². The van der Waals surface area contributed by atoms with E-state index in [9.17, 15) is 9.59 Å². The molecule has 0 aromatic rings. The van der Waals surface area contributed by atoms with E-state index >= 15 is 0 Å². The Bertz CT molecular complexity index is 440. The molecule has 1 aliphatic carbocycles. The van der Waals surface area contributed by atoms with E-state index in [2.05, 4.69) is 19.2 Å². The molecule has 0 spiro atoms. The number of hydrogen-bond donors (Lipinski definition) is 2. The Kier molecular flexibility index (Phi) is 7.92. The smallest absolute Gasteiger partial charge is 0.244 e. The third-order valence-electron chi connectivity index (χ3n) is 4.28. The molecular weight excluding hydrogens is 276 g/mol. The summed E-state index contributed by atoms with van der Waals surface area (Å²) in [5, 5.41) is 3.04. The maximum atomic E-state index is 12.7. The number of nitrogens with two attached hydrogens (primary N) is 1. The Morgan fingerprint density at radius 3 is 2.50 bits per heavy atom. The van der Waals surface area contributed by atoms with Gasteiger partial charge in [0.1, 0.15) is 0 Å². The van der Waals surface area contributed by atoms with Crippen molar-refractivity contribution in [2.24, 2.45) is 11.1 Å². The summed E-state index contributed by atoms with van der Waals surface area (Å²) in [6.07, 6.45) is 13.1. The van der Waals surface area contributed by atoms with Crippen LogP contribution in [0.2, 0.25) is 0 Å². The first-order valence-corrected chi connectivity index (χ1v) is 8.52. The van der Waals surface area contributed by atoms with E-state index in [4.69, 9.17) is 5.73 Å². The van der Waals surface area contributed by atoms with Crippen LogP contribution in [0.1, 0.15) is 65.2 Å². The average Bonchev–Trinajstić information content (AvgIpc) is 2.51. The fourth-order valence-corrected chi connectivity index (χ4v) is 2.86. The second-order valence-corrected chi connectivity index (χ2v) is 6.17. The highest BCUT2D eigenvalue weighted by Gasteiger charge is 2.38. The molecule has 22 heavy (non-hydrogen) atoms. The van der Waals surface area contributed by atoms with Crippen molar-refractivity contribution in [3.63, 3.8) is 0 Å². The maximum absolute atomic E-state index is 12.7. The predicted molar refractivity (Wildman–Crippen MR) is 90.1 cm³/mol. The number of rotatable bonds is 10. The monoisotopic (exact) mass is 306 g/mol. The normalized spacial score (nSPS) is 20.5. The fourth-order valence-electron chi connectivity index (χ4n) is 2.86. The number of amides is 2. The summed E-state index contributed by atoms with van der Waals surface area (Å²) in [4.78, 5) is 24.2. The van der Waals surface area contributed by atoms with Crippen LogP contribution in [0.15, 0.2) is 23.8 Å². The minimum Gasteiger partial charge on any atom is -0.366 e. The van der Waals surface area contributed by atoms with E-state index in [0.29, 0.717) is 18.5 Å². The molecule has 1 atom stereocenters. The molecule has 4 heteroatoms. The van der Waals surface area contributed by atoms with Crippen molar-refractivity contribution >= 4 is 11.8 Å². The lowest BCUT2D eigenvalue weighted by molar-refractivity contribution is -0.129. The van der Waals surface area contributed by atoms with Crippen molar-refractivity contribution < 1.29 is 9.59 Å². The molecule has 1 unspecified atom stereocenters. The molecule has 4 nitrogen and oxygen atoms in total. The van der Waals surface area contributed by atoms with E-state index in [-0.39, 0.29) is 5.91 Å². The molecule has 0 heterocycles. The van der Waals surface area contributed by atoms with Crippen LogP contribution in [0.25, 0.3) is 0 Å². The zero-order valence-electron chi connectivity index (χ0n) is 14.0. The lowest BCUT2D eigenvalue weighted by atomic mass is 9.73. The summed E-state index contributed by atoms with van der Waals surface area (Å²) in [5.41, 5.74) is 5.34.